The maximum atomic E-state index is 11.4. The number of hydrogen-bond acceptors (Lipinski definition) is 4. The first kappa shape index (κ1) is 17.4. The molecule has 1 aromatic heterocycles. The summed E-state index contributed by atoms with van der Waals surface area (Å²) in [7, 11) is 0. The Morgan fingerprint density at radius 3 is 2.72 bits per heavy atom. The van der Waals surface area contributed by atoms with Gasteiger partial charge in [0.05, 0.1) is 25.3 Å². The Hall–Kier alpha value is -2.38. The van der Waals surface area contributed by atoms with Gasteiger partial charge in [0, 0.05) is 18.3 Å². The van der Waals surface area contributed by atoms with Crippen LogP contribution in [0.3, 0.4) is 0 Å². The van der Waals surface area contributed by atoms with E-state index in [1.54, 1.807) is 10.9 Å². The minimum atomic E-state index is -1.07. The van der Waals surface area contributed by atoms with Gasteiger partial charge in [0.1, 0.15) is 0 Å². The van der Waals surface area contributed by atoms with Crippen molar-refractivity contribution in [2.24, 2.45) is 0 Å². The fraction of sp³-hybridized carbons (Fsp3) is 0.444. The molecule has 2 N–H and O–H groups in total. The van der Waals surface area contributed by atoms with Gasteiger partial charge in [0.2, 0.25) is 0 Å². The molecule has 3 atom stereocenters. The highest BCUT2D eigenvalue weighted by Gasteiger charge is 2.41. The third-order valence-electron chi connectivity index (χ3n) is 4.30. The fourth-order valence-electron chi connectivity index (χ4n) is 3.29. The molecule has 0 bridgehead atoms. The van der Waals surface area contributed by atoms with Gasteiger partial charge in [-0.1, -0.05) is 30.3 Å². The van der Waals surface area contributed by atoms with Crippen LogP contribution in [-0.4, -0.2) is 45.5 Å². The maximum Gasteiger partial charge on any atom is 0.404 e. The summed E-state index contributed by atoms with van der Waals surface area (Å²) < 4.78 is 13.5. The van der Waals surface area contributed by atoms with Gasteiger partial charge >= 0.3 is 6.09 Å². The maximum absolute atomic E-state index is 11.4. The topological polar surface area (TPSA) is 85.6 Å². The second-order valence-electron chi connectivity index (χ2n) is 6.59. The standard InChI is InChI=1S/C18H23N3O4/c1-18(2)24-12-15(25-18)16(13-7-4-3-5-8-13)14(20-17(22)23)11-21-10-6-9-19-21/h3-10,14-16,20H,11-12H2,1-2H3,(H,22,23)/t14-,15+,16?/m0/s1. The summed E-state index contributed by atoms with van der Waals surface area (Å²) in [6.45, 7) is 4.53. The predicted molar refractivity (Wildman–Crippen MR) is 91.3 cm³/mol. The normalized spacial score (nSPS) is 21.6. The Kier molecular flexibility index (Phi) is 5.06. The Morgan fingerprint density at radius 1 is 1.40 bits per heavy atom. The number of amides is 1. The molecule has 3 rings (SSSR count). The number of benzene rings is 1. The number of nitrogens with zero attached hydrogens (tertiary/aromatic N) is 2. The van der Waals surface area contributed by atoms with Crippen LogP contribution >= 0.6 is 0 Å². The number of rotatable bonds is 6. The van der Waals surface area contributed by atoms with Gasteiger partial charge in [-0.15, -0.1) is 0 Å². The Balaban J connectivity index is 1.93. The highest BCUT2D eigenvalue weighted by atomic mass is 16.7. The van der Waals surface area contributed by atoms with Crippen LogP contribution in [0.2, 0.25) is 0 Å². The summed E-state index contributed by atoms with van der Waals surface area (Å²) in [4.78, 5) is 11.4. The molecule has 1 aromatic carbocycles. The average Bonchev–Trinajstić information content (AvgIpc) is 3.18. The van der Waals surface area contributed by atoms with Gasteiger partial charge in [-0.25, -0.2) is 4.79 Å². The molecule has 25 heavy (non-hydrogen) atoms. The number of aromatic nitrogens is 2. The quantitative estimate of drug-likeness (QED) is 0.840. The summed E-state index contributed by atoms with van der Waals surface area (Å²) in [5, 5.41) is 16.2. The van der Waals surface area contributed by atoms with E-state index >= 15 is 0 Å². The molecule has 2 aromatic rings. The number of carboxylic acid groups (broad SMARTS) is 1. The molecule has 1 aliphatic rings. The van der Waals surface area contributed by atoms with Crippen molar-refractivity contribution in [1.82, 2.24) is 15.1 Å². The monoisotopic (exact) mass is 345 g/mol. The zero-order valence-corrected chi connectivity index (χ0v) is 14.3. The molecule has 2 heterocycles. The van der Waals surface area contributed by atoms with Crippen molar-refractivity contribution in [2.75, 3.05) is 6.61 Å². The molecule has 1 aliphatic heterocycles. The number of ether oxygens (including phenoxy) is 2. The molecule has 1 fully saturated rings. The molecule has 7 nitrogen and oxygen atoms in total. The Labute approximate surface area is 146 Å². The summed E-state index contributed by atoms with van der Waals surface area (Å²) in [6, 6.07) is 11.2. The van der Waals surface area contributed by atoms with Gasteiger partial charge in [-0.05, 0) is 25.5 Å². The van der Waals surface area contributed by atoms with Crippen molar-refractivity contribution in [3.63, 3.8) is 0 Å². The second kappa shape index (κ2) is 7.25. The minimum Gasteiger partial charge on any atom is -0.465 e. The first-order valence-electron chi connectivity index (χ1n) is 8.28. The van der Waals surface area contributed by atoms with E-state index in [2.05, 4.69) is 10.4 Å². The molecule has 0 spiro atoms. The van der Waals surface area contributed by atoms with Gasteiger partial charge in [-0.3, -0.25) is 4.68 Å². The lowest BCUT2D eigenvalue weighted by molar-refractivity contribution is -0.141. The van der Waals surface area contributed by atoms with Crippen molar-refractivity contribution in [1.29, 1.82) is 0 Å². The van der Waals surface area contributed by atoms with E-state index in [0.717, 1.165) is 5.56 Å². The van der Waals surface area contributed by atoms with E-state index in [4.69, 9.17) is 9.47 Å². The average molecular weight is 345 g/mol. The van der Waals surface area contributed by atoms with Crippen LogP contribution in [0.4, 0.5) is 4.79 Å². The van der Waals surface area contributed by atoms with Crippen LogP contribution in [0.1, 0.15) is 25.3 Å². The number of nitrogens with one attached hydrogen (secondary N) is 1. The van der Waals surface area contributed by atoms with Crippen molar-refractivity contribution in [3.8, 4) is 0 Å². The van der Waals surface area contributed by atoms with Crippen molar-refractivity contribution in [3.05, 3.63) is 54.4 Å². The minimum absolute atomic E-state index is 0.205. The molecular formula is C18H23N3O4. The van der Waals surface area contributed by atoms with Gasteiger partial charge < -0.3 is 19.9 Å². The van der Waals surface area contributed by atoms with Gasteiger partial charge in [0.15, 0.2) is 5.79 Å². The van der Waals surface area contributed by atoms with Gasteiger partial charge in [-0.2, -0.15) is 5.10 Å². The van der Waals surface area contributed by atoms with Crippen LogP contribution < -0.4 is 5.32 Å². The van der Waals surface area contributed by atoms with E-state index in [-0.39, 0.29) is 12.0 Å². The van der Waals surface area contributed by atoms with Crippen LogP contribution in [-0.2, 0) is 16.0 Å². The van der Waals surface area contributed by atoms with Crippen LogP contribution in [0, 0.1) is 0 Å². The molecule has 0 aliphatic carbocycles. The Bertz CT molecular complexity index is 688. The van der Waals surface area contributed by atoms with Gasteiger partial charge in [0.25, 0.3) is 0 Å². The SMILES string of the molecule is CC1(C)OC[C@H](C(c2ccccc2)[C@H](Cn2cccn2)NC(=O)O)O1. The van der Waals surface area contributed by atoms with Crippen LogP contribution in [0.5, 0.6) is 0 Å². The summed E-state index contributed by atoms with van der Waals surface area (Å²) in [5.41, 5.74) is 1.000. The van der Waals surface area contributed by atoms with Crippen LogP contribution in [0.15, 0.2) is 48.8 Å². The molecule has 7 heteroatoms. The van der Waals surface area contributed by atoms with E-state index in [1.807, 2.05) is 56.4 Å². The molecule has 1 saturated heterocycles. The molecule has 134 valence electrons. The first-order chi connectivity index (χ1) is 11.9. The highest BCUT2D eigenvalue weighted by Crippen LogP contribution is 2.34. The summed E-state index contributed by atoms with van der Waals surface area (Å²) >= 11 is 0. The third-order valence-corrected chi connectivity index (χ3v) is 4.30. The number of carbonyl (C=O) groups is 1. The van der Waals surface area contributed by atoms with E-state index in [0.29, 0.717) is 13.2 Å². The lowest BCUT2D eigenvalue weighted by Gasteiger charge is -2.31. The summed E-state index contributed by atoms with van der Waals surface area (Å²) in [6.07, 6.45) is 2.16. The molecule has 0 saturated carbocycles. The van der Waals surface area contributed by atoms with E-state index in [9.17, 15) is 9.90 Å². The zero-order chi connectivity index (χ0) is 17.9. The molecule has 1 unspecified atom stereocenters. The van der Waals surface area contributed by atoms with Crippen LogP contribution in [0.25, 0.3) is 0 Å². The predicted octanol–water partition coefficient (Wildman–Crippen LogP) is 2.45. The largest absolute Gasteiger partial charge is 0.465 e. The smallest absolute Gasteiger partial charge is 0.404 e. The van der Waals surface area contributed by atoms with Crippen molar-refractivity contribution >= 4 is 6.09 Å². The lowest BCUT2D eigenvalue weighted by Crippen LogP contribution is -2.46. The Morgan fingerprint density at radius 2 is 2.16 bits per heavy atom. The third kappa shape index (κ3) is 4.37. The second-order valence-corrected chi connectivity index (χ2v) is 6.59. The lowest BCUT2D eigenvalue weighted by atomic mass is 9.86. The first-order valence-corrected chi connectivity index (χ1v) is 8.28. The van der Waals surface area contributed by atoms with E-state index < -0.39 is 17.9 Å². The van der Waals surface area contributed by atoms with E-state index in [1.165, 1.54) is 0 Å². The zero-order valence-electron chi connectivity index (χ0n) is 14.3. The highest BCUT2D eigenvalue weighted by molar-refractivity contribution is 5.65. The van der Waals surface area contributed by atoms with Crippen molar-refractivity contribution in [2.45, 2.75) is 44.2 Å². The summed E-state index contributed by atoms with van der Waals surface area (Å²) in [5.74, 6) is -0.889. The molecule has 1 amide bonds. The molecular weight excluding hydrogens is 322 g/mol. The number of hydrogen-bond donors (Lipinski definition) is 2. The molecule has 0 radical (unpaired) electrons. The fourth-order valence-corrected chi connectivity index (χ4v) is 3.29. The van der Waals surface area contributed by atoms with Crippen molar-refractivity contribution < 1.29 is 19.4 Å².